The number of carbonyl (C=O) groups is 2. The molecule has 0 bridgehead atoms. The smallest absolute Gasteiger partial charge is 0.352 e. The Hall–Kier alpha value is -1.86. The van der Waals surface area contributed by atoms with Crippen LogP contribution in [-0.2, 0) is 9.47 Å². The second-order valence-corrected chi connectivity index (χ2v) is 5.19. The van der Waals surface area contributed by atoms with E-state index in [1.54, 1.807) is 33.0 Å². The molecule has 21 heavy (non-hydrogen) atoms. The number of methoxy groups -OCH3 is 2. The van der Waals surface area contributed by atoms with E-state index in [1.807, 2.05) is 0 Å². The standard InChI is InChI=1S/C14H20N2O5/c1-7-11(8(2)15-12(7)14(18)19)13(17)16-5-9(20-3)10(6-16)21-4/h9-10,15H,5-6H2,1-4H3,(H,18,19). The van der Waals surface area contributed by atoms with E-state index in [0.717, 1.165) is 0 Å². The minimum absolute atomic E-state index is 0.0571. The van der Waals surface area contributed by atoms with Crippen molar-refractivity contribution in [3.8, 4) is 0 Å². The van der Waals surface area contributed by atoms with Gasteiger partial charge in [0.2, 0.25) is 0 Å². The number of aryl methyl sites for hydroxylation is 1. The number of ether oxygens (including phenoxy) is 2. The van der Waals surface area contributed by atoms with E-state index in [1.165, 1.54) is 0 Å². The van der Waals surface area contributed by atoms with E-state index in [2.05, 4.69) is 4.98 Å². The lowest BCUT2D eigenvalue weighted by Crippen LogP contribution is -2.30. The summed E-state index contributed by atoms with van der Waals surface area (Å²) in [5, 5.41) is 9.11. The molecular formula is C14H20N2O5. The molecule has 0 saturated carbocycles. The maximum Gasteiger partial charge on any atom is 0.352 e. The van der Waals surface area contributed by atoms with Gasteiger partial charge in [0, 0.05) is 33.0 Å². The maximum absolute atomic E-state index is 12.6. The van der Waals surface area contributed by atoms with Crippen molar-refractivity contribution >= 4 is 11.9 Å². The molecule has 0 radical (unpaired) electrons. The Balaban J connectivity index is 2.28. The summed E-state index contributed by atoms with van der Waals surface area (Å²) in [6.45, 7) is 4.20. The number of rotatable bonds is 4. The molecule has 0 aromatic carbocycles. The SMILES string of the molecule is COC1CN(C(=O)c2c(C)[nH]c(C(=O)O)c2C)CC1OC. The largest absolute Gasteiger partial charge is 0.477 e. The molecule has 7 heteroatoms. The van der Waals surface area contributed by atoms with Gasteiger partial charge in [0.25, 0.3) is 5.91 Å². The van der Waals surface area contributed by atoms with Crippen molar-refractivity contribution in [2.24, 2.45) is 0 Å². The van der Waals surface area contributed by atoms with Crippen LogP contribution in [0.1, 0.15) is 32.1 Å². The summed E-state index contributed by atoms with van der Waals surface area (Å²) < 4.78 is 10.6. The monoisotopic (exact) mass is 296 g/mol. The summed E-state index contributed by atoms with van der Waals surface area (Å²) in [7, 11) is 3.17. The number of amides is 1. The number of hydrogen-bond donors (Lipinski definition) is 2. The average molecular weight is 296 g/mol. The van der Waals surface area contributed by atoms with Crippen LogP contribution in [0.2, 0.25) is 0 Å². The molecule has 0 spiro atoms. The highest BCUT2D eigenvalue weighted by Gasteiger charge is 2.37. The number of carbonyl (C=O) groups excluding carboxylic acids is 1. The Morgan fingerprint density at radius 3 is 2.10 bits per heavy atom. The highest BCUT2D eigenvalue weighted by Crippen LogP contribution is 2.23. The van der Waals surface area contributed by atoms with E-state index in [0.29, 0.717) is 29.9 Å². The van der Waals surface area contributed by atoms with Gasteiger partial charge in [-0.2, -0.15) is 0 Å². The third-order valence-corrected chi connectivity index (χ3v) is 3.97. The second kappa shape index (κ2) is 5.87. The van der Waals surface area contributed by atoms with Gasteiger partial charge < -0.3 is 24.5 Å². The zero-order valence-electron chi connectivity index (χ0n) is 12.6. The van der Waals surface area contributed by atoms with E-state index in [4.69, 9.17) is 14.6 Å². The van der Waals surface area contributed by atoms with Crippen LogP contribution in [0.5, 0.6) is 0 Å². The minimum Gasteiger partial charge on any atom is -0.477 e. The number of likely N-dealkylation sites (tertiary alicyclic amines) is 1. The number of aromatic carboxylic acids is 1. The van der Waals surface area contributed by atoms with E-state index >= 15 is 0 Å². The predicted molar refractivity (Wildman–Crippen MR) is 74.7 cm³/mol. The Morgan fingerprint density at radius 1 is 1.19 bits per heavy atom. The highest BCUT2D eigenvalue weighted by molar-refractivity contribution is 6.01. The number of carboxylic acids is 1. The van der Waals surface area contributed by atoms with Gasteiger partial charge in [0.15, 0.2) is 0 Å². The number of aromatic amines is 1. The van der Waals surface area contributed by atoms with Gasteiger partial charge in [-0.05, 0) is 19.4 Å². The van der Waals surface area contributed by atoms with Crippen LogP contribution in [0.15, 0.2) is 0 Å². The molecule has 0 aliphatic carbocycles. The number of carboxylic acid groups (broad SMARTS) is 1. The molecule has 116 valence electrons. The zero-order valence-corrected chi connectivity index (χ0v) is 12.6. The molecule has 2 N–H and O–H groups in total. The first-order valence-electron chi connectivity index (χ1n) is 6.68. The molecule has 1 aromatic rings. The van der Waals surface area contributed by atoms with Gasteiger partial charge in [0.1, 0.15) is 17.9 Å². The lowest BCUT2D eigenvalue weighted by Gasteiger charge is -2.16. The van der Waals surface area contributed by atoms with Crippen molar-refractivity contribution < 1.29 is 24.2 Å². The summed E-state index contributed by atoms with van der Waals surface area (Å²) in [5.74, 6) is -1.27. The molecule has 7 nitrogen and oxygen atoms in total. The van der Waals surface area contributed by atoms with Crippen molar-refractivity contribution in [3.05, 3.63) is 22.5 Å². The number of nitrogens with one attached hydrogen (secondary N) is 1. The van der Waals surface area contributed by atoms with Gasteiger partial charge >= 0.3 is 5.97 Å². The minimum atomic E-state index is -1.07. The maximum atomic E-state index is 12.6. The lowest BCUT2D eigenvalue weighted by atomic mass is 10.1. The van der Waals surface area contributed by atoms with Crippen molar-refractivity contribution in [2.45, 2.75) is 26.1 Å². The van der Waals surface area contributed by atoms with Gasteiger partial charge in [-0.3, -0.25) is 4.79 Å². The van der Waals surface area contributed by atoms with Crippen LogP contribution >= 0.6 is 0 Å². The first-order chi connectivity index (χ1) is 9.90. The number of aromatic nitrogens is 1. The van der Waals surface area contributed by atoms with Gasteiger partial charge in [-0.15, -0.1) is 0 Å². The summed E-state index contributed by atoms with van der Waals surface area (Å²) in [6.07, 6.45) is -0.338. The molecule has 2 heterocycles. The van der Waals surface area contributed by atoms with Gasteiger partial charge in [-0.1, -0.05) is 0 Å². The fourth-order valence-corrected chi connectivity index (χ4v) is 2.81. The Kier molecular flexibility index (Phi) is 4.34. The topological polar surface area (TPSA) is 91.9 Å². The fourth-order valence-electron chi connectivity index (χ4n) is 2.81. The summed E-state index contributed by atoms with van der Waals surface area (Å²) in [5.41, 5.74) is 1.49. The molecule has 2 rings (SSSR count). The van der Waals surface area contributed by atoms with Crippen molar-refractivity contribution in [3.63, 3.8) is 0 Å². The average Bonchev–Trinajstić information content (AvgIpc) is 2.99. The Labute approximate surface area is 122 Å². The second-order valence-electron chi connectivity index (χ2n) is 5.19. The molecule has 1 aliphatic rings. The predicted octanol–water partition coefficient (Wildman–Crippen LogP) is 0.816. The van der Waals surface area contributed by atoms with Crippen LogP contribution in [0.4, 0.5) is 0 Å². The lowest BCUT2D eigenvalue weighted by molar-refractivity contribution is -0.00461. The molecule has 1 fully saturated rings. The summed E-state index contributed by atoms with van der Waals surface area (Å²) in [6, 6.07) is 0. The molecule has 2 unspecified atom stereocenters. The third kappa shape index (κ3) is 2.66. The van der Waals surface area contributed by atoms with Crippen LogP contribution in [0.3, 0.4) is 0 Å². The Bertz CT molecular complexity index is 554. The quantitative estimate of drug-likeness (QED) is 0.858. The van der Waals surface area contributed by atoms with E-state index in [9.17, 15) is 9.59 Å². The molecule has 2 atom stereocenters. The molecule has 1 amide bonds. The number of nitrogens with zero attached hydrogens (tertiary/aromatic N) is 1. The highest BCUT2D eigenvalue weighted by atomic mass is 16.5. The van der Waals surface area contributed by atoms with Crippen molar-refractivity contribution in [2.75, 3.05) is 27.3 Å². The van der Waals surface area contributed by atoms with Gasteiger partial charge in [0.05, 0.1) is 5.56 Å². The number of hydrogen-bond acceptors (Lipinski definition) is 4. The third-order valence-electron chi connectivity index (χ3n) is 3.97. The molecule has 1 aromatic heterocycles. The van der Waals surface area contributed by atoms with Crippen LogP contribution < -0.4 is 0 Å². The molecule has 1 saturated heterocycles. The van der Waals surface area contributed by atoms with E-state index in [-0.39, 0.29) is 23.8 Å². The van der Waals surface area contributed by atoms with E-state index < -0.39 is 5.97 Å². The van der Waals surface area contributed by atoms with Crippen molar-refractivity contribution in [1.82, 2.24) is 9.88 Å². The first-order valence-corrected chi connectivity index (χ1v) is 6.68. The van der Waals surface area contributed by atoms with Gasteiger partial charge in [-0.25, -0.2) is 4.79 Å². The molecular weight excluding hydrogens is 276 g/mol. The normalized spacial score (nSPS) is 21.8. The van der Waals surface area contributed by atoms with Crippen LogP contribution in [0.25, 0.3) is 0 Å². The number of H-pyrrole nitrogens is 1. The van der Waals surface area contributed by atoms with Crippen molar-refractivity contribution in [1.29, 1.82) is 0 Å². The first kappa shape index (κ1) is 15.5. The van der Waals surface area contributed by atoms with Crippen LogP contribution in [-0.4, -0.2) is 66.4 Å². The summed E-state index contributed by atoms with van der Waals surface area (Å²) >= 11 is 0. The molecule has 1 aliphatic heterocycles. The van der Waals surface area contributed by atoms with Crippen LogP contribution in [0, 0.1) is 13.8 Å². The fraction of sp³-hybridized carbons (Fsp3) is 0.571. The Morgan fingerprint density at radius 2 is 1.71 bits per heavy atom. The summed E-state index contributed by atoms with van der Waals surface area (Å²) in [4.78, 5) is 28.2. The zero-order chi connectivity index (χ0) is 15.7.